The number of hydrogen-bond acceptors (Lipinski definition) is 11. The predicted molar refractivity (Wildman–Crippen MR) is 84.5 cm³/mol. The Balaban J connectivity index is 2.11. The molecule has 0 aromatic heterocycles. The van der Waals surface area contributed by atoms with Crippen molar-refractivity contribution in [2.75, 3.05) is 19.0 Å². The summed E-state index contributed by atoms with van der Waals surface area (Å²) in [7, 11) is 0. The molecule has 2 rings (SSSR count). The maximum atomic E-state index is 10.3. The SMILES string of the molecule is CCS[C@@H]1O[C@H](CO)[C@H](O[C@H]2O[C@H](CO)[C@H](O)[C@H](O)[C@H]2O)[C@H](O)[C@H]1O. The molecule has 0 aromatic rings. The fourth-order valence-electron chi connectivity index (χ4n) is 2.86. The van der Waals surface area contributed by atoms with Crippen LogP contribution in [0, 0.1) is 0 Å². The molecule has 0 aliphatic carbocycles. The molecule has 0 spiro atoms. The van der Waals surface area contributed by atoms with Gasteiger partial charge in [0.05, 0.1) is 13.2 Å². The summed E-state index contributed by atoms with van der Waals surface area (Å²) in [6.45, 7) is 0.695. The van der Waals surface area contributed by atoms with Crippen LogP contribution < -0.4 is 0 Å². The van der Waals surface area contributed by atoms with E-state index in [1.54, 1.807) is 0 Å². The molecule has 0 aromatic carbocycles. The number of aliphatic hydroxyl groups is 7. The molecule has 25 heavy (non-hydrogen) atoms. The summed E-state index contributed by atoms with van der Waals surface area (Å²) in [5.74, 6) is 0.616. The van der Waals surface area contributed by atoms with Gasteiger partial charge in [-0.3, -0.25) is 0 Å². The Labute approximate surface area is 148 Å². The van der Waals surface area contributed by atoms with Gasteiger partial charge in [0.1, 0.15) is 54.3 Å². The fraction of sp³-hybridized carbons (Fsp3) is 1.00. The van der Waals surface area contributed by atoms with Crippen molar-refractivity contribution in [2.24, 2.45) is 0 Å². The van der Waals surface area contributed by atoms with Crippen LogP contribution in [0.2, 0.25) is 0 Å². The molecule has 0 radical (unpaired) electrons. The Hall–Kier alpha value is -0.0500. The molecule has 10 nitrogen and oxygen atoms in total. The zero-order chi connectivity index (χ0) is 18.7. The fourth-order valence-corrected chi connectivity index (χ4v) is 3.77. The lowest BCUT2D eigenvalue weighted by Gasteiger charge is -2.46. The van der Waals surface area contributed by atoms with Gasteiger partial charge >= 0.3 is 0 Å². The van der Waals surface area contributed by atoms with Crippen LogP contribution in [0.15, 0.2) is 0 Å². The van der Waals surface area contributed by atoms with E-state index in [0.717, 1.165) is 0 Å². The van der Waals surface area contributed by atoms with Crippen molar-refractivity contribution in [1.82, 2.24) is 0 Å². The lowest BCUT2D eigenvalue weighted by atomic mass is 9.97. The van der Waals surface area contributed by atoms with E-state index >= 15 is 0 Å². The molecule has 0 saturated carbocycles. The minimum absolute atomic E-state index is 0.521. The third-order valence-corrected chi connectivity index (χ3v) is 5.34. The number of rotatable bonds is 6. The van der Waals surface area contributed by atoms with Crippen molar-refractivity contribution in [2.45, 2.75) is 67.5 Å². The van der Waals surface area contributed by atoms with Gasteiger partial charge in [-0.25, -0.2) is 0 Å². The molecule has 0 amide bonds. The molecule has 0 bridgehead atoms. The summed E-state index contributed by atoms with van der Waals surface area (Å²) in [4.78, 5) is 0. The molecule has 11 heteroatoms. The third-order valence-electron chi connectivity index (χ3n) is 4.29. The number of hydrogen-bond donors (Lipinski definition) is 7. The molecule has 2 aliphatic heterocycles. The van der Waals surface area contributed by atoms with Crippen molar-refractivity contribution < 1.29 is 50.0 Å². The lowest BCUT2D eigenvalue weighted by molar-refractivity contribution is -0.338. The molecular formula is C14H26O10S. The van der Waals surface area contributed by atoms with Crippen LogP contribution in [-0.2, 0) is 14.2 Å². The Bertz CT molecular complexity index is 411. The van der Waals surface area contributed by atoms with Gasteiger partial charge in [0.2, 0.25) is 0 Å². The van der Waals surface area contributed by atoms with Crippen LogP contribution in [0.1, 0.15) is 6.92 Å². The number of thioether (sulfide) groups is 1. The highest BCUT2D eigenvalue weighted by atomic mass is 32.2. The van der Waals surface area contributed by atoms with Gasteiger partial charge in [-0.2, -0.15) is 0 Å². The first kappa shape index (κ1) is 21.3. The molecule has 148 valence electrons. The van der Waals surface area contributed by atoms with Gasteiger partial charge < -0.3 is 50.0 Å². The largest absolute Gasteiger partial charge is 0.394 e. The number of aliphatic hydroxyl groups excluding tert-OH is 7. The minimum atomic E-state index is -1.66. The zero-order valence-electron chi connectivity index (χ0n) is 13.7. The molecule has 2 fully saturated rings. The second-order valence-corrected chi connectivity index (χ2v) is 7.34. The highest BCUT2D eigenvalue weighted by Crippen LogP contribution is 2.32. The molecule has 2 aliphatic rings. The van der Waals surface area contributed by atoms with Crippen molar-refractivity contribution in [3.63, 3.8) is 0 Å². The average Bonchev–Trinajstić information content (AvgIpc) is 2.61. The van der Waals surface area contributed by atoms with Crippen molar-refractivity contribution >= 4 is 11.8 Å². The third kappa shape index (κ3) is 4.45. The van der Waals surface area contributed by atoms with Gasteiger partial charge in [0.25, 0.3) is 0 Å². The van der Waals surface area contributed by atoms with E-state index in [1.165, 1.54) is 11.8 Å². The molecule has 7 N–H and O–H groups in total. The van der Waals surface area contributed by atoms with Gasteiger partial charge in [0.15, 0.2) is 6.29 Å². The summed E-state index contributed by atoms with van der Waals surface area (Å²) in [5.41, 5.74) is -0.758. The monoisotopic (exact) mass is 386 g/mol. The first-order valence-electron chi connectivity index (χ1n) is 8.05. The highest BCUT2D eigenvalue weighted by molar-refractivity contribution is 7.99. The maximum absolute atomic E-state index is 10.3. The van der Waals surface area contributed by atoms with E-state index in [1.807, 2.05) is 6.92 Å². The standard InChI is InChI=1S/C14H26O10S/c1-2-25-14-11(21)9(19)12(6(4-16)23-14)24-13-10(20)8(18)7(17)5(3-15)22-13/h5-21H,2-4H2,1H3/t5-,6-,7+,8+,9-,10-,11-,12+,13-,14+/m1/s1. The molecule has 10 atom stereocenters. The summed E-state index contributed by atoms with van der Waals surface area (Å²) < 4.78 is 16.2. The first-order valence-corrected chi connectivity index (χ1v) is 9.10. The average molecular weight is 386 g/mol. The topological polar surface area (TPSA) is 169 Å². The zero-order valence-corrected chi connectivity index (χ0v) is 14.5. The van der Waals surface area contributed by atoms with Crippen LogP contribution >= 0.6 is 11.8 Å². The van der Waals surface area contributed by atoms with E-state index in [-0.39, 0.29) is 0 Å². The Morgan fingerprint density at radius 3 is 2.00 bits per heavy atom. The first-order chi connectivity index (χ1) is 11.8. The second kappa shape index (κ2) is 9.24. The summed E-state index contributed by atoms with van der Waals surface area (Å²) in [5, 5.41) is 68.7. The minimum Gasteiger partial charge on any atom is -0.394 e. The summed E-state index contributed by atoms with van der Waals surface area (Å²) in [6, 6.07) is 0. The van der Waals surface area contributed by atoms with Crippen LogP contribution in [0.25, 0.3) is 0 Å². The Kier molecular flexibility index (Phi) is 7.85. The van der Waals surface area contributed by atoms with E-state index in [9.17, 15) is 35.7 Å². The predicted octanol–water partition coefficient (Wildman–Crippen LogP) is -3.64. The van der Waals surface area contributed by atoms with Crippen LogP contribution in [0.5, 0.6) is 0 Å². The van der Waals surface area contributed by atoms with E-state index in [2.05, 4.69) is 0 Å². The summed E-state index contributed by atoms with van der Waals surface area (Å²) >= 11 is 1.25. The molecular weight excluding hydrogens is 360 g/mol. The number of ether oxygens (including phenoxy) is 3. The van der Waals surface area contributed by atoms with E-state index < -0.39 is 73.8 Å². The smallest absolute Gasteiger partial charge is 0.187 e. The highest BCUT2D eigenvalue weighted by Gasteiger charge is 2.50. The Morgan fingerprint density at radius 2 is 1.44 bits per heavy atom. The van der Waals surface area contributed by atoms with Gasteiger partial charge in [-0.15, -0.1) is 11.8 Å². The maximum Gasteiger partial charge on any atom is 0.187 e. The molecule has 2 heterocycles. The van der Waals surface area contributed by atoms with Crippen molar-refractivity contribution in [3.8, 4) is 0 Å². The second-order valence-electron chi connectivity index (χ2n) is 5.96. The van der Waals surface area contributed by atoms with Crippen LogP contribution in [0.4, 0.5) is 0 Å². The Morgan fingerprint density at radius 1 is 0.800 bits per heavy atom. The van der Waals surface area contributed by atoms with Crippen molar-refractivity contribution in [1.29, 1.82) is 0 Å². The van der Waals surface area contributed by atoms with Crippen LogP contribution in [0.3, 0.4) is 0 Å². The van der Waals surface area contributed by atoms with Crippen molar-refractivity contribution in [3.05, 3.63) is 0 Å². The normalized spacial score (nSPS) is 48.5. The van der Waals surface area contributed by atoms with E-state index in [4.69, 9.17) is 14.2 Å². The summed E-state index contributed by atoms with van der Waals surface area (Å²) in [6.07, 6.45) is -12.5. The molecule has 0 unspecified atom stereocenters. The van der Waals surface area contributed by atoms with Crippen LogP contribution in [-0.4, -0.2) is 115 Å². The van der Waals surface area contributed by atoms with Gasteiger partial charge in [-0.1, -0.05) is 6.92 Å². The van der Waals surface area contributed by atoms with Gasteiger partial charge in [0, 0.05) is 0 Å². The quantitative estimate of drug-likeness (QED) is 0.240. The van der Waals surface area contributed by atoms with E-state index in [0.29, 0.717) is 5.75 Å². The van der Waals surface area contributed by atoms with Gasteiger partial charge in [-0.05, 0) is 5.75 Å². The molecule has 2 saturated heterocycles. The lowest BCUT2D eigenvalue weighted by Crippen LogP contribution is -2.64.